The molecule has 174 valence electrons. The molecule has 1 amide bonds. The molecule has 0 radical (unpaired) electrons. The van der Waals surface area contributed by atoms with Crippen molar-refractivity contribution >= 4 is 17.5 Å². The minimum absolute atomic E-state index is 0.118. The van der Waals surface area contributed by atoms with Gasteiger partial charge in [-0.1, -0.05) is 36.6 Å². The van der Waals surface area contributed by atoms with Crippen LogP contribution in [0.25, 0.3) is 0 Å². The lowest BCUT2D eigenvalue weighted by molar-refractivity contribution is -0.275. The third-order valence-electron chi connectivity index (χ3n) is 5.08. The number of aromatic nitrogens is 1. The highest BCUT2D eigenvalue weighted by molar-refractivity contribution is 6.34. The molecule has 0 saturated heterocycles. The Kier molecular flexibility index (Phi) is 6.62. The molecule has 1 aromatic heterocycles. The van der Waals surface area contributed by atoms with Crippen LogP contribution < -0.4 is 10.1 Å². The highest BCUT2D eigenvalue weighted by Gasteiger charge is 2.41. The fourth-order valence-electron chi connectivity index (χ4n) is 3.75. The van der Waals surface area contributed by atoms with Gasteiger partial charge in [-0.3, -0.25) is 4.79 Å². The molecular formula is C20H17ClF6N2O3. The number of hydrogen-bond donors (Lipinski definition) is 2. The van der Waals surface area contributed by atoms with E-state index in [1.54, 1.807) is 0 Å². The van der Waals surface area contributed by atoms with Gasteiger partial charge in [0, 0.05) is 18.3 Å². The molecule has 0 spiro atoms. The number of rotatable bonds is 5. The van der Waals surface area contributed by atoms with Gasteiger partial charge in [0.05, 0.1) is 16.2 Å². The van der Waals surface area contributed by atoms with E-state index in [-0.39, 0.29) is 24.0 Å². The van der Waals surface area contributed by atoms with E-state index in [2.05, 4.69) is 15.0 Å². The van der Waals surface area contributed by atoms with E-state index in [0.29, 0.717) is 18.9 Å². The van der Waals surface area contributed by atoms with Crippen molar-refractivity contribution in [1.29, 1.82) is 0 Å². The number of aliphatic hydroxyl groups is 1. The van der Waals surface area contributed by atoms with Crippen molar-refractivity contribution in [2.75, 3.05) is 0 Å². The van der Waals surface area contributed by atoms with Crippen LogP contribution in [0.3, 0.4) is 0 Å². The van der Waals surface area contributed by atoms with E-state index in [1.165, 1.54) is 12.1 Å². The Hall–Kier alpha value is -2.53. The van der Waals surface area contributed by atoms with Gasteiger partial charge >= 0.3 is 12.5 Å². The number of nitrogens with zero attached hydrogens (tertiary/aromatic N) is 1. The summed E-state index contributed by atoms with van der Waals surface area (Å²) in [6, 6.07) is 4.30. The average Bonchev–Trinajstić information content (AvgIpc) is 3.11. The topological polar surface area (TPSA) is 71.5 Å². The Labute approximate surface area is 183 Å². The zero-order valence-electron chi connectivity index (χ0n) is 16.3. The molecule has 3 rings (SSSR count). The average molecular weight is 483 g/mol. The normalized spacial score (nSPS) is 16.1. The number of pyridine rings is 1. The number of ether oxygens (including phenoxy) is 1. The van der Waals surface area contributed by atoms with Gasteiger partial charge < -0.3 is 15.2 Å². The Morgan fingerprint density at radius 1 is 1.16 bits per heavy atom. The van der Waals surface area contributed by atoms with Crippen LogP contribution in [-0.2, 0) is 18.3 Å². The van der Waals surface area contributed by atoms with E-state index in [9.17, 15) is 36.2 Å². The third-order valence-corrected chi connectivity index (χ3v) is 5.47. The Bertz CT molecular complexity index is 1000. The summed E-state index contributed by atoms with van der Waals surface area (Å²) in [5.41, 5.74) is -3.55. The highest BCUT2D eigenvalue weighted by atomic mass is 35.5. The second-order valence-electron chi connectivity index (χ2n) is 7.28. The number of nitrogens with one attached hydrogen (secondary N) is 1. The van der Waals surface area contributed by atoms with Crippen LogP contribution in [0.1, 0.15) is 52.9 Å². The first kappa shape index (κ1) is 24.1. The zero-order valence-corrected chi connectivity index (χ0v) is 17.0. The molecule has 32 heavy (non-hydrogen) atoms. The molecule has 0 bridgehead atoms. The summed E-state index contributed by atoms with van der Waals surface area (Å²) in [7, 11) is 0. The first-order chi connectivity index (χ1) is 14.8. The van der Waals surface area contributed by atoms with E-state index in [1.807, 2.05) is 0 Å². The first-order valence-corrected chi connectivity index (χ1v) is 9.80. The minimum atomic E-state index is -5.01. The minimum Gasteiger partial charge on any atom is -0.405 e. The number of hydrogen-bond acceptors (Lipinski definition) is 4. The second kappa shape index (κ2) is 8.78. The summed E-state index contributed by atoms with van der Waals surface area (Å²) < 4.78 is 81.8. The number of carbonyl (C=O) groups excluding carboxylic acids is 1. The fourth-order valence-corrected chi connectivity index (χ4v) is 4.06. The van der Waals surface area contributed by atoms with Gasteiger partial charge in [0.25, 0.3) is 5.91 Å². The van der Waals surface area contributed by atoms with Crippen LogP contribution in [0, 0.1) is 0 Å². The maximum absolute atomic E-state index is 13.0. The molecule has 2 N–H and O–H groups in total. The highest BCUT2D eigenvalue weighted by Crippen LogP contribution is 2.45. The van der Waals surface area contributed by atoms with Crippen LogP contribution in [0.4, 0.5) is 26.3 Å². The van der Waals surface area contributed by atoms with Crippen molar-refractivity contribution < 1.29 is 41.0 Å². The summed E-state index contributed by atoms with van der Waals surface area (Å²) >= 11 is 5.70. The SMILES string of the molecule is O=C(NCc1cccc(OC(F)(F)F)c1C1(O)CCCC1)c1nccc(C(F)(F)F)c1Cl. The molecule has 0 unspecified atom stereocenters. The van der Waals surface area contributed by atoms with Crippen molar-refractivity contribution in [1.82, 2.24) is 10.3 Å². The van der Waals surface area contributed by atoms with E-state index in [0.717, 1.165) is 12.3 Å². The van der Waals surface area contributed by atoms with Crippen molar-refractivity contribution in [3.63, 3.8) is 0 Å². The van der Waals surface area contributed by atoms with Crippen molar-refractivity contribution in [3.8, 4) is 5.75 Å². The van der Waals surface area contributed by atoms with Crippen LogP contribution in [0.2, 0.25) is 5.02 Å². The Morgan fingerprint density at radius 3 is 2.41 bits per heavy atom. The molecule has 1 aromatic carbocycles. The smallest absolute Gasteiger partial charge is 0.405 e. The quantitative estimate of drug-likeness (QED) is 0.564. The second-order valence-corrected chi connectivity index (χ2v) is 7.66. The lowest BCUT2D eigenvalue weighted by Crippen LogP contribution is -2.30. The van der Waals surface area contributed by atoms with Gasteiger partial charge in [0.1, 0.15) is 11.4 Å². The van der Waals surface area contributed by atoms with Crippen molar-refractivity contribution in [2.24, 2.45) is 0 Å². The maximum Gasteiger partial charge on any atom is 0.573 e. The standard InChI is InChI=1S/C20H17ClF6N2O3/c21-15-12(19(22,23)24)6-9-28-16(15)17(30)29-10-11-4-3-5-13(32-20(25,26)27)14(11)18(31)7-1-2-8-18/h3-6,9,31H,1-2,7-8,10H2,(H,29,30). The number of amides is 1. The van der Waals surface area contributed by atoms with Gasteiger partial charge in [-0.05, 0) is 30.5 Å². The third kappa shape index (κ3) is 5.26. The Balaban J connectivity index is 1.91. The molecule has 5 nitrogen and oxygen atoms in total. The van der Waals surface area contributed by atoms with Crippen LogP contribution >= 0.6 is 11.6 Å². The lowest BCUT2D eigenvalue weighted by Gasteiger charge is -2.28. The zero-order chi connectivity index (χ0) is 23.7. The number of halogens is 7. The fraction of sp³-hybridized carbons (Fsp3) is 0.400. The maximum atomic E-state index is 13.0. The van der Waals surface area contributed by atoms with Gasteiger partial charge in [0.2, 0.25) is 0 Å². The van der Waals surface area contributed by atoms with Crippen molar-refractivity contribution in [2.45, 2.75) is 50.4 Å². The molecule has 1 heterocycles. The summed E-state index contributed by atoms with van der Waals surface area (Å²) in [5, 5.41) is 12.4. The predicted molar refractivity (Wildman–Crippen MR) is 101 cm³/mol. The number of carbonyl (C=O) groups is 1. The number of alkyl halides is 6. The van der Waals surface area contributed by atoms with Gasteiger partial charge in [0.15, 0.2) is 0 Å². The van der Waals surface area contributed by atoms with Gasteiger partial charge in [-0.25, -0.2) is 4.98 Å². The molecule has 0 aliphatic heterocycles. The number of benzene rings is 1. The molecule has 2 aromatic rings. The summed E-state index contributed by atoms with van der Waals surface area (Å²) in [4.78, 5) is 16.0. The Morgan fingerprint density at radius 2 is 1.81 bits per heavy atom. The van der Waals surface area contributed by atoms with Crippen LogP contribution in [0.5, 0.6) is 5.75 Å². The predicted octanol–water partition coefficient (Wildman–Crippen LogP) is 5.34. The monoisotopic (exact) mass is 482 g/mol. The summed E-state index contributed by atoms with van der Waals surface area (Å²) in [5.74, 6) is -1.67. The molecule has 1 aliphatic rings. The molecule has 12 heteroatoms. The summed E-state index contributed by atoms with van der Waals surface area (Å²) in [6.45, 7) is -0.403. The molecule has 1 saturated carbocycles. The van der Waals surface area contributed by atoms with Gasteiger partial charge in [-0.15, -0.1) is 13.2 Å². The van der Waals surface area contributed by atoms with E-state index in [4.69, 9.17) is 11.6 Å². The van der Waals surface area contributed by atoms with Crippen LogP contribution in [-0.4, -0.2) is 22.4 Å². The van der Waals surface area contributed by atoms with Crippen molar-refractivity contribution in [3.05, 3.63) is 57.9 Å². The largest absolute Gasteiger partial charge is 0.573 e. The van der Waals surface area contributed by atoms with Crippen LogP contribution in [0.15, 0.2) is 30.5 Å². The van der Waals surface area contributed by atoms with E-state index >= 15 is 0 Å². The first-order valence-electron chi connectivity index (χ1n) is 9.42. The molecule has 0 atom stereocenters. The van der Waals surface area contributed by atoms with E-state index < -0.39 is 52.6 Å². The molecular weight excluding hydrogens is 466 g/mol. The lowest BCUT2D eigenvalue weighted by atomic mass is 9.87. The molecule has 1 fully saturated rings. The molecule has 1 aliphatic carbocycles. The van der Waals surface area contributed by atoms with Gasteiger partial charge in [-0.2, -0.15) is 13.2 Å². The summed E-state index contributed by atoms with van der Waals surface area (Å²) in [6.07, 6.45) is -7.52.